The van der Waals surface area contributed by atoms with Gasteiger partial charge in [0.15, 0.2) is 5.17 Å². The van der Waals surface area contributed by atoms with Crippen molar-refractivity contribution in [1.29, 1.82) is 0 Å². The molecule has 0 radical (unpaired) electrons. The zero-order chi connectivity index (χ0) is 19.2. The number of thioether (sulfide) groups is 1. The van der Waals surface area contributed by atoms with Crippen LogP contribution in [0.4, 0.5) is 13.2 Å². The van der Waals surface area contributed by atoms with Gasteiger partial charge in [-0.15, -0.1) is 0 Å². The van der Waals surface area contributed by atoms with E-state index in [1.807, 2.05) is 0 Å². The molecule has 2 aromatic rings. The van der Waals surface area contributed by atoms with Crippen molar-refractivity contribution >= 4 is 16.9 Å². The lowest BCUT2D eigenvalue weighted by Crippen LogP contribution is -2.52. The van der Waals surface area contributed by atoms with Crippen LogP contribution in [0.25, 0.3) is 0 Å². The molecule has 0 spiro atoms. The van der Waals surface area contributed by atoms with Crippen LogP contribution in [-0.2, 0) is 17.3 Å². The van der Waals surface area contributed by atoms with Crippen molar-refractivity contribution in [3.63, 3.8) is 0 Å². The predicted octanol–water partition coefficient (Wildman–Crippen LogP) is 2.47. The Morgan fingerprint density at radius 2 is 2.22 bits per heavy atom. The van der Waals surface area contributed by atoms with Crippen molar-refractivity contribution in [2.45, 2.75) is 23.3 Å². The summed E-state index contributed by atoms with van der Waals surface area (Å²) in [7, 11) is 1.69. The number of benzene rings is 1. The van der Waals surface area contributed by atoms with Gasteiger partial charge in [0.05, 0.1) is 12.8 Å². The molecule has 6 nitrogen and oxygen atoms in total. The van der Waals surface area contributed by atoms with E-state index in [9.17, 15) is 13.2 Å². The number of fused-ring (bicyclic) bond motifs is 1. The summed E-state index contributed by atoms with van der Waals surface area (Å²) in [5.74, 6) is -1.84. The summed E-state index contributed by atoms with van der Waals surface area (Å²) in [6, 6.07) is 3.30. The van der Waals surface area contributed by atoms with Crippen LogP contribution in [0.15, 0.2) is 29.4 Å². The fourth-order valence-corrected chi connectivity index (χ4v) is 4.98. The maximum absolute atomic E-state index is 14.7. The Morgan fingerprint density at radius 1 is 1.41 bits per heavy atom. The number of aryl methyl sites for hydroxylation is 1. The number of ether oxygens (including phenoxy) is 1. The lowest BCUT2D eigenvalue weighted by atomic mass is 9.72. The third-order valence-electron chi connectivity index (χ3n) is 5.11. The maximum Gasteiger partial charge on any atom is 0.155 e. The van der Waals surface area contributed by atoms with Crippen molar-refractivity contribution in [2.75, 3.05) is 13.3 Å². The number of aromatic nitrogens is 3. The van der Waals surface area contributed by atoms with Crippen LogP contribution < -0.4 is 5.73 Å². The number of alkyl halides is 1. The van der Waals surface area contributed by atoms with Crippen LogP contribution in [0.1, 0.15) is 23.8 Å². The molecular formula is C17H18F3N5OS. The highest BCUT2D eigenvalue weighted by Crippen LogP contribution is 2.52. The smallest absolute Gasteiger partial charge is 0.155 e. The normalized spacial score (nSPS) is 30.7. The molecule has 1 fully saturated rings. The van der Waals surface area contributed by atoms with Gasteiger partial charge in [0.1, 0.15) is 35.6 Å². The van der Waals surface area contributed by atoms with E-state index in [2.05, 4.69) is 15.2 Å². The second-order valence-electron chi connectivity index (χ2n) is 6.71. The summed E-state index contributed by atoms with van der Waals surface area (Å²) >= 11 is 1.14. The molecule has 2 aliphatic heterocycles. The van der Waals surface area contributed by atoms with Gasteiger partial charge in [0.25, 0.3) is 0 Å². The van der Waals surface area contributed by atoms with E-state index in [1.165, 1.54) is 10.9 Å². The lowest BCUT2D eigenvalue weighted by Gasteiger charge is -2.48. The molecule has 1 aromatic carbocycles. The Hall–Kier alpha value is -2.07. The van der Waals surface area contributed by atoms with Crippen LogP contribution in [0.5, 0.6) is 0 Å². The minimum atomic E-state index is -1.21. The second-order valence-corrected chi connectivity index (χ2v) is 7.97. The first-order chi connectivity index (χ1) is 12.9. The van der Waals surface area contributed by atoms with E-state index in [0.29, 0.717) is 12.1 Å². The van der Waals surface area contributed by atoms with E-state index in [4.69, 9.17) is 10.5 Å². The highest BCUT2D eigenvalue weighted by Gasteiger charge is 2.53. The number of rotatable bonds is 3. The molecule has 27 heavy (non-hydrogen) atoms. The molecule has 1 aromatic heterocycles. The molecule has 10 heteroatoms. The van der Waals surface area contributed by atoms with Crippen molar-refractivity contribution < 1.29 is 17.9 Å². The summed E-state index contributed by atoms with van der Waals surface area (Å²) in [6.07, 6.45) is 1.55. The molecule has 1 saturated heterocycles. The highest BCUT2D eigenvalue weighted by molar-refractivity contribution is 8.14. The van der Waals surface area contributed by atoms with Gasteiger partial charge in [0.2, 0.25) is 0 Å². The Kier molecular flexibility index (Phi) is 4.63. The minimum Gasteiger partial charge on any atom is -0.379 e. The monoisotopic (exact) mass is 397 g/mol. The van der Waals surface area contributed by atoms with Gasteiger partial charge in [-0.05, 0) is 12.5 Å². The average molecular weight is 397 g/mol. The number of aliphatic imine (C=N–C) groups is 1. The largest absolute Gasteiger partial charge is 0.379 e. The maximum atomic E-state index is 14.7. The molecule has 4 rings (SSSR count). The van der Waals surface area contributed by atoms with Crippen LogP contribution in [0.2, 0.25) is 0 Å². The molecule has 2 N–H and O–H groups in total. The number of halogens is 3. The van der Waals surface area contributed by atoms with E-state index in [-0.39, 0.29) is 17.3 Å². The van der Waals surface area contributed by atoms with Gasteiger partial charge < -0.3 is 10.5 Å². The summed E-state index contributed by atoms with van der Waals surface area (Å²) in [4.78, 5) is 5.91. The van der Waals surface area contributed by atoms with Gasteiger partial charge in [0, 0.05) is 29.8 Å². The van der Waals surface area contributed by atoms with Crippen LogP contribution >= 0.6 is 11.8 Å². The molecule has 0 bridgehead atoms. The zero-order valence-corrected chi connectivity index (χ0v) is 15.3. The van der Waals surface area contributed by atoms with E-state index in [1.54, 1.807) is 13.2 Å². The summed E-state index contributed by atoms with van der Waals surface area (Å²) in [5.41, 5.74) is 5.50. The minimum absolute atomic E-state index is 0.0147. The fourth-order valence-electron chi connectivity index (χ4n) is 3.90. The van der Waals surface area contributed by atoms with Gasteiger partial charge >= 0.3 is 0 Å². The molecule has 0 unspecified atom stereocenters. The van der Waals surface area contributed by atoms with E-state index in [0.717, 1.165) is 23.9 Å². The van der Waals surface area contributed by atoms with Crippen molar-refractivity contribution in [2.24, 2.45) is 23.7 Å². The van der Waals surface area contributed by atoms with Crippen molar-refractivity contribution in [3.8, 4) is 0 Å². The zero-order valence-electron chi connectivity index (χ0n) is 14.5. The number of hydrogen-bond donors (Lipinski definition) is 1. The second kappa shape index (κ2) is 6.83. The van der Waals surface area contributed by atoms with Gasteiger partial charge in [-0.3, -0.25) is 0 Å². The van der Waals surface area contributed by atoms with Gasteiger partial charge in [-0.25, -0.2) is 18.2 Å². The summed E-state index contributed by atoms with van der Waals surface area (Å²) < 4.78 is 47.9. The first kappa shape index (κ1) is 18.3. The summed E-state index contributed by atoms with van der Waals surface area (Å²) in [6.45, 7) is -0.664. The average Bonchev–Trinajstić information content (AvgIpc) is 3.06. The predicted molar refractivity (Wildman–Crippen MR) is 94.8 cm³/mol. The Labute approximate surface area is 158 Å². The number of nitrogens with zero attached hydrogens (tertiary/aromatic N) is 4. The van der Waals surface area contributed by atoms with Gasteiger partial charge in [-0.1, -0.05) is 17.8 Å². The third kappa shape index (κ3) is 3.10. The van der Waals surface area contributed by atoms with Crippen LogP contribution in [0, 0.1) is 17.6 Å². The molecule has 144 valence electrons. The molecule has 0 aliphatic carbocycles. The Bertz CT molecular complexity index is 891. The standard InChI is InChI=1S/C17H18F3N5OS/c1-25-22-7-13(24-25)14-5-11-15(6-18)27-16(21)23-17(11,8-26-14)10-3-2-9(19)4-12(10)20/h2-4,7,11,14-15H,5-6,8H2,1H3,(H2,21,23)/t11-,14+,15+,17+/m0/s1. The van der Waals surface area contributed by atoms with Gasteiger partial charge in [-0.2, -0.15) is 15.0 Å². The lowest BCUT2D eigenvalue weighted by molar-refractivity contribution is -0.0684. The molecular weight excluding hydrogens is 379 g/mol. The SMILES string of the molecule is Cn1ncc([C@H]2C[C@H]3[C@@H](CF)SC(N)=N[C@@]3(c3ccc(F)cc3F)CO2)n1. The Morgan fingerprint density at radius 3 is 2.89 bits per heavy atom. The fraction of sp³-hybridized carbons (Fsp3) is 0.471. The number of amidine groups is 1. The van der Waals surface area contributed by atoms with Crippen LogP contribution in [-0.4, -0.2) is 38.7 Å². The molecule has 4 atom stereocenters. The molecule has 0 saturated carbocycles. The van der Waals surface area contributed by atoms with E-state index < -0.39 is 41.1 Å². The quantitative estimate of drug-likeness (QED) is 0.861. The number of hydrogen-bond acceptors (Lipinski definition) is 6. The Balaban J connectivity index is 1.78. The topological polar surface area (TPSA) is 78.3 Å². The molecule has 2 aliphatic rings. The summed E-state index contributed by atoms with van der Waals surface area (Å²) in [5, 5.41) is 7.95. The third-order valence-corrected chi connectivity index (χ3v) is 6.20. The van der Waals surface area contributed by atoms with Crippen LogP contribution in [0.3, 0.4) is 0 Å². The molecule has 3 heterocycles. The first-order valence-corrected chi connectivity index (χ1v) is 9.32. The highest BCUT2D eigenvalue weighted by atomic mass is 32.2. The van der Waals surface area contributed by atoms with E-state index >= 15 is 0 Å². The van der Waals surface area contributed by atoms with Crippen molar-refractivity contribution in [3.05, 3.63) is 47.3 Å². The first-order valence-electron chi connectivity index (χ1n) is 8.44. The molecule has 0 amide bonds. The van der Waals surface area contributed by atoms with Crippen molar-refractivity contribution in [1.82, 2.24) is 15.0 Å². The number of nitrogens with two attached hydrogens (primary N) is 1.